The van der Waals surface area contributed by atoms with Crippen molar-refractivity contribution in [3.05, 3.63) is 59.7 Å². The van der Waals surface area contributed by atoms with Crippen molar-refractivity contribution in [3.63, 3.8) is 0 Å². The van der Waals surface area contributed by atoms with Gasteiger partial charge in [0, 0.05) is 25.6 Å². The highest BCUT2D eigenvalue weighted by atomic mass is 32.2. The van der Waals surface area contributed by atoms with Gasteiger partial charge in [0.1, 0.15) is 11.8 Å². The van der Waals surface area contributed by atoms with E-state index in [2.05, 4.69) is 5.32 Å². The van der Waals surface area contributed by atoms with Crippen LogP contribution in [-0.4, -0.2) is 57.1 Å². The van der Waals surface area contributed by atoms with E-state index >= 15 is 0 Å². The fraction of sp³-hybridized carbons (Fsp3) is 0.481. The van der Waals surface area contributed by atoms with Gasteiger partial charge in [-0.25, -0.2) is 8.42 Å². The molecule has 2 aromatic carbocycles. The number of carbonyl (C=O) groups is 2. The molecule has 0 saturated heterocycles. The SMILES string of the molecule is CC[C@@H](C(=O)NC(C)C)N(Cc1ccc(C)cc1)C(=O)CCCN(c1ccccc1OC)S(C)(=O)=O. The number of anilines is 1. The van der Waals surface area contributed by atoms with E-state index in [4.69, 9.17) is 4.74 Å². The highest BCUT2D eigenvalue weighted by Crippen LogP contribution is 2.29. The lowest BCUT2D eigenvalue weighted by Gasteiger charge is -2.31. The molecule has 0 aromatic heterocycles. The maximum Gasteiger partial charge on any atom is 0.243 e. The zero-order valence-electron chi connectivity index (χ0n) is 22.2. The Bertz CT molecular complexity index is 1120. The number of sulfonamides is 1. The number of nitrogens with zero attached hydrogens (tertiary/aromatic N) is 2. The lowest BCUT2D eigenvalue weighted by Crippen LogP contribution is -2.50. The molecule has 0 aliphatic rings. The molecule has 2 aromatic rings. The Morgan fingerprint density at radius 2 is 1.69 bits per heavy atom. The van der Waals surface area contributed by atoms with Crippen LogP contribution in [0.4, 0.5) is 5.69 Å². The average Bonchev–Trinajstić information content (AvgIpc) is 2.81. The van der Waals surface area contributed by atoms with Crippen LogP contribution in [-0.2, 0) is 26.2 Å². The van der Waals surface area contributed by atoms with E-state index in [-0.39, 0.29) is 37.2 Å². The van der Waals surface area contributed by atoms with Crippen molar-refractivity contribution >= 4 is 27.5 Å². The van der Waals surface area contributed by atoms with Gasteiger partial charge in [-0.2, -0.15) is 0 Å². The van der Waals surface area contributed by atoms with Crippen LogP contribution in [0.25, 0.3) is 0 Å². The molecular formula is C27H39N3O5S. The molecule has 1 N–H and O–H groups in total. The first-order chi connectivity index (χ1) is 17.0. The fourth-order valence-corrected chi connectivity index (χ4v) is 4.98. The van der Waals surface area contributed by atoms with Gasteiger partial charge >= 0.3 is 0 Å². The Kier molecular flexibility index (Phi) is 10.8. The van der Waals surface area contributed by atoms with E-state index in [0.717, 1.165) is 17.4 Å². The number of ether oxygens (including phenoxy) is 1. The molecule has 2 rings (SSSR count). The molecule has 2 amide bonds. The summed E-state index contributed by atoms with van der Waals surface area (Å²) in [5.41, 5.74) is 2.46. The minimum atomic E-state index is -3.60. The molecule has 0 fully saturated rings. The third-order valence-electron chi connectivity index (χ3n) is 5.80. The number of methoxy groups -OCH3 is 1. The Morgan fingerprint density at radius 3 is 2.25 bits per heavy atom. The summed E-state index contributed by atoms with van der Waals surface area (Å²) in [6.07, 6.45) is 1.98. The first kappa shape index (κ1) is 29.2. The van der Waals surface area contributed by atoms with Gasteiger partial charge in [-0.15, -0.1) is 0 Å². The Balaban J connectivity index is 2.24. The maximum absolute atomic E-state index is 13.4. The van der Waals surface area contributed by atoms with Gasteiger partial charge in [0.25, 0.3) is 0 Å². The van der Waals surface area contributed by atoms with E-state index in [0.29, 0.717) is 24.4 Å². The topological polar surface area (TPSA) is 96.0 Å². The molecule has 9 heteroatoms. The summed E-state index contributed by atoms with van der Waals surface area (Å²) >= 11 is 0. The molecular weight excluding hydrogens is 478 g/mol. The second kappa shape index (κ2) is 13.3. The van der Waals surface area contributed by atoms with Crippen LogP contribution in [0.3, 0.4) is 0 Å². The molecule has 0 spiro atoms. The fourth-order valence-electron chi connectivity index (χ4n) is 4.01. The largest absolute Gasteiger partial charge is 0.495 e. The van der Waals surface area contributed by atoms with Crippen LogP contribution in [0, 0.1) is 6.92 Å². The highest BCUT2D eigenvalue weighted by molar-refractivity contribution is 7.92. The Hall–Kier alpha value is -3.07. The van der Waals surface area contributed by atoms with Gasteiger partial charge in [-0.05, 0) is 51.3 Å². The second-order valence-electron chi connectivity index (χ2n) is 9.21. The molecule has 0 saturated carbocycles. The second-order valence-corrected chi connectivity index (χ2v) is 11.1. The third-order valence-corrected chi connectivity index (χ3v) is 6.98. The average molecular weight is 518 g/mol. The molecule has 198 valence electrons. The first-order valence-electron chi connectivity index (χ1n) is 12.2. The van der Waals surface area contributed by atoms with Crippen LogP contribution < -0.4 is 14.4 Å². The van der Waals surface area contributed by atoms with Gasteiger partial charge in [0.2, 0.25) is 21.8 Å². The molecule has 36 heavy (non-hydrogen) atoms. The summed E-state index contributed by atoms with van der Waals surface area (Å²) in [7, 11) is -2.12. The predicted octanol–water partition coefficient (Wildman–Crippen LogP) is 3.88. The Labute approximate surface area is 215 Å². The number of para-hydroxylation sites is 2. The van der Waals surface area contributed by atoms with E-state index in [1.54, 1.807) is 29.2 Å². The van der Waals surface area contributed by atoms with E-state index in [9.17, 15) is 18.0 Å². The summed E-state index contributed by atoms with van der Waals surface area (Å²) < 4.78 is 31.7. The molecule has 1 atom stereocenters. The molecule has 0 radical (unpaired) electrons. The first-order valence-corrected chi connectivity index (χ1v) is 14.1. The van der Waals surface area contributed by atoms with Crippen LogP contribution in [0.15, 0.2) is 48.5 Å². The molecule has 0 bridgehead atoms. The standard InChI is InChI=1S/C27H39N3O5S/c1-7-23(27(32)28-20(2)3)29(19-22-16-14-21(4)15-17-22)26(31)13-10-18-30(36(6,33)34)24-11-8-9-12-25(24)35-5/h8-9,11-12,14-17,20,23H,7,10,13,18-19H2,1-6H3,(H,28,32)/t23-/m0/s1. The van der Waals surface area contributed by atoms with Crippen molar-refractivity contribution < 1.29 is 22.7 Å². The molecule has 0 heterocycles. The number of aryl methyl sites for hydroxylation is 1. The van der Waals surface area contributed by atoms with E-state index in [1.165, 1.54) is 11.4 Å². The van der Waals surface area contributed by atoms with Crippen molar-refractivity contribution in [3.8, 4) is 5.75 Å². The van der Waals surface area contributed by atoms with Crippen molar-refractivity contribution in [1.29, 1.82) is 0 Å². The van der Waals surface area contributed by atoms with Gasteiger partial charge < -0.3 is 15.0 Å². The van der Waals surface area contributed by atoms with Gasteiger partial charge in [-0.3, -0.25) is 13.9 Å². The minimum Gasteiger partial charge on any atom is -0.495 e. The summed E-state index contributed by atoms with van der Waals surface area (Å²) in [6, 6.07) is 14.1. The van der Waals surface area contributed by atoms with Crippen molar-refractivity contribution in [2.75, 3.05) is 24.2 Å². The van der Waals surface area contributed by atoms with Crippen LogP contribution in [0.5, 0.6) is 5.75 Å². The van der Waals surface area contributed by atoms with E-state index in [1.807, 2.05) is 52.0 Å². The number of hydrogen-bond donors (Lipinski definition) is 1. The van der Waals surface area contributed by atoms with Crippen LogP contribution in [0.1, 0.15) is 51.2 Å². The van der Waals surface area contributed by atoms with Crippen LogP contribution in [0.2, 0.25) is 0 Å². The zero-order valence-corrected chi connectivity index (χ0v) is 23.0. The summed E-state index contributed by atoms with van der Waals surface area (Å²) in [4.78, 5) is 28.0. The molecule has 0 aliphatic carbocycles. The number of nitrogens with one attached hydrogen (secondary N) is 1. The smallest absolute Gasteiger partial charge is 0.243 e. The Morgan fingerprint density at radius 1 is 1.06 bits per heavy atom. The number of carbonyl (C=O) groups excluding carboxylic acids is 2. The molecule has 0 unspecified atom stereocenters. The number of benzene rings is 2. The summed E-state index contributed by atoms with van der Waals surface area (Å²) in [6.45, 7) is 8.05. The quantitative estimate of drug-likeness (QED) is 0.435. The van der Waals surface area contributed by atoms with Gasteiger partial charge in [-0.1, -0.05) is 48.9 Å². The third kappa shape index (κ3) is 8.26. The van der Waals surface area contributed by atoms with Crippen LogP contribution >= 0.6 is 0 Å². The molecule has 0 aliphatic heterocycles. The molecule has 8 nitrogen and oxygen atoms in total. The summed E-state index contributed by atoms with van der Waals surface area (Å²) in [5, 5.41) is 2.92. The van der Waals surface area contributed by atoms with E-state index < -0.39 is 16.1 Å². The lowest BCUT2D eigenvalue weighted by atomic mass is 10.1. The summed E-state index contributed by atoms with van der Waals surface area (Å²) in [5.74, 6) is 0.0428. The van der Waals surface area contributed by atoms with Crippen molar-refractivity contribution in [1.82, 2.24) is 10.2 Å². The van der Waals surface area contributed by atoms with Crippen molar-refractivity contribution in [2.24, 2.45) is 0 Å². The maximum atomic E-state index is 13.4. The lowest BCUT2D eigenvalue weighted by molar-refractivity contribution is -0.141. The number of amides is 2. The van der Waals surface area contributed by atoms with Gasteiger partial charge in [0.15, 0.2) is 0 Å². The van der Waals surface area contributed by atoms with Gasteiger partial charge in [0.05, 0.1) is 19.1 Å². The number of hydrogen-bond acceptors (Lipinski definition) is 5. The minimum absolute atomic E-state index is 0.0490. The predicted molar refractivity (Wildman–Crippen MR) is 144 cm³/mol. The van der Waals surface area contributed by atoms with Crippen molar-refractivity contribution in [2.45, 2.75) is 65.6 Å². The zero-order chi connectivity index (χ0) is 26.9. The highest BCUT2D eigenvalue weighted by Gasteiger charge is 2.29. The monoisotopic (exact) mass is 517 g/mol. The number of rotatable bonds is 13. The normalized spacial score (nSPS) is 12.2.